The van der Waals surface area contributed by atoms with Crippen molar-refractivity contribution >= 4 is 15.8 Å². The minimum absolute atomic E-state index is 0.266. The summed E-state index contributed by atoms with van der Waals surface area (Å²) in [6.07, 6.45) is 1.69. The van der Waals surface area contributed by atoms with Gasteiger partial charge in [0.2, 0.25) is 10.0 Å². The van der Waals surface area contributed by atoms with E-state index in [0.717, 1.165) is 0 Å². The Labute approximate surface area is 102 Å². The zero-order valence-electron chi connectivity index (χ0n) is 10.6. The molecular formula is C10H20N4O2S. The lowest BCUT2D eigenvalue weighted by molar-refractivity contribution is 0.553. The standard InChI is InChI=1S/C10H20N4O2S/c1-8(2)11-7-9(3)17(15,16)13-10-5-6-14(4)12-10/h5-6,8-9,11H,7H2,1-4H3,(H,12,13). The average Bonchev–Trinajstić information content (AvgIpc) is 2.59. The fourth-order valence-electron chi connectivity index (χ4n) is 1.23. The van der Waals surface area contributed by atoms with Gasteiger partial charge in [0.05, 0.1) is 5.25 Å². The van der Waals surface area contributed by atoms with Gasteiger partial charge in [-0.3, -0.25) is 9.40 Å². The summed E-state index contributed by atoms with van der Waals surface area (Å²) in [7, 11) is -1.65. The van der Waals surface area contributed by atoms with E-state index < -0.39 is 15.3 Å². The quantitative estimate of drug-likeness (QED) is 0.783. The van der Waals surface area contributed by atoms with Crippen LogP contribution in [0, 0.1) is 0 Å². The maximum atomic E-state index is 11.9. The second-order valence-electron chi connectivity index (χ2n) is 4.40. The summed E-state index contributed by atoms with van der Waals surface area (Å²) in [5, 5.41) is 6.57. The normalized spacial score (nSPS) is 13.9. The van der Waals surface area contributed by atoms with E-state index in [1.165, 1.54) is 0 Å². The highest BCUT2D eigenvalue weighted by atomic mass is 32.2. The van der Waals surface area contributed by atoms with Crippen LogP contribution in [0.15, 0.2) is 12.3 Å². The zero-order valence-corrected chi connectivity index (χ0v) is 11.5. The molecule has 17 heavy (non-hydrogen) atoms. The van der Waals surface area contributed by atoms with E-state index in [-0.39, 0.29) is 6.04 Å². The van der Waals surface area contributed by atoms with E-state index in [1.54, 1.807) is 30.9 Å². The summed E-state index contributed by atoms with van der Waals surface area (Å²) < 4.78 is 27.9. The molecule has 1 unspecified atom stereocenters. The Morgan fingerprint density at radius 2 is 2.06 bits per heavy atom. The second kappa shape index (κ2) is 5.50. The van der Waals surface area contributed by atoms with E-state index in [2.05, 4.69) is 15.1 Å². The molecule has 0 saturated carbocycles. The van der Waals surface area contributed by atoms with Crippen LogP contribution in [0.2, 0.25) is 0 Å². The van der Waals surface area contributed by atoms with Crippen LogP contribution in [0.4, 0.5) is 5.82 Å². The van der Waals surface area contributed by atoms with Gasteiger partial charge < -0.3 is 5.32 Å². The third-order valence-corrected chi connectivity index (χ3v) is 4.02. The Morgan fingerprint density at radius 1 is 1.41 bits per heavy atom. The Kier molecular flexibility index (Phi) is 4.53. The zero-order chi connectivity index (χ0) is 13.1. The topological polar surface area (TPSA) is 76.0 Å². The number of sulfonamides is 1. The molecule has 0 bridgehead atoms. The molecule has 1 atom stereocenters. The number of rotatable bonds is 6. The maximum Gasteiger partial charge on any atom is 0.237 e. The Balaban J connectivity index is 2.61. The lowest BCUT2D eigenvalue weighted by Gasteiger charge is -2.15. The molecule has 0 amide bonds. The molecule has 1 aromatic rings. The molecule has 0 aliphatic rings. The average molecular weight is 260 g/mol. The van der Waals surface area contributed by atoms with Crippen molar-refractivity contribution in [3.63, 3.8) is 0 Å². The van der Waals surface area contributed by atoms with Crippen molar-refractivity contribution in [2.24, 2.45) is 7.05 Å². The second-order valence-corrected chi connectivity index (χ2v) is 6.49. The molecule has 0 aliphatic heterocycles. The molecule has 2 N–H and O–H groups in total. The number of hydrogen-bond donors (Lipinski definition) is 2. The van der Waals surface area contributed by atoms with Gasteiger partial charge in [0.25, 0.3) is 0 Å². The number of hydrogen-bond acceptors (Lipinski definition) is 4. The molecule has 0 saturated heterocycles. The van der Waals surface area contributed by atoms with E-state index in [9.17, 15) is 8.42 Å². The van der Waals surface area contributed by atoms with Gasteiger partial charge >= 0.3 is 0 Å². The predicted octanol–water partition coefficient (Wildman–Crippen LogP) is 0.548. The minimum atomic E-state index is -3.38. The summed E-state index contributed by atoms with van der Waals surface area (Å²) in [4.78, 5) is 0. The van der Waals surface area contributed by atoms with Crippen molar-refractivity contribution in [1.82, 2.24) is 15.1 Å². The van der Waals surface area contributed by atoms with Gasteiger partial charge in [-0.2, -0.15) is 5.10 Å². The van der Waals surface area contributed by atoms with Gasteiger partial charge in [-0.15, -0.1) is 0 Å². The first-order valence-electron chi connectivity index (χ1n) is 5.56. The third kappa shape index (κ3) is 4.35. The molecule has 0 fully saturated rings. The number of aryl methyl sites for hydroxylation is 1. The predicted molar refractivity (Wildman–Crippen MR) is 68.4 cm³/mol. The summed E-state index contributed by atoms with van der Waals surface area (Å²) in [6, 6.07) is 1.89. The number of aromatic nitrogens is 2. The molecular weight excluding hydrogens is 240 g/mol. The highest BCUT2D eigenvalue weighted by molar-refractivity contribution is 7.93. The Hall–Kier alpha value is -1.08. The molecule has 0 radical (unpaired) electrons. The van der Waals surface area contributed by atoms with E-state index in [1.807, 2.05) is 13.8 Å². The van der Waals surface area contributed by atoms with Crippen LogP contribution in [-0.2, 0) is 17.1 Å². The lowest BCUT2D eigenvalue weighted by atomic mass is 10.3. The summed E-state index contributed by atoms with van der Waals surface area (Å²) >= 11 is 0. The van der Waals surface area contributed by atoms with Crippen molar-refractivity contribution in [2.45, 2.75) is 32.1 Å². The van der Waals surface area contributed by atoms with Gasteiger partial charge in [-0.25, -0.2) is 8.42 Å². The Morgan fingerprint density at radius 3 is 2.53 bits per heavy atom. The highest BCUT2D eigenvalue weighted by Gasteiger charge is 2.21. The monoisotopic (exact) mass is 260 g/mol. The Bertz CT molecular complexity index is 453. The van der Waals surface area contributed by atoms with Crippen LogP contribution in [0.25, 0.3) is 0 Å². The van der Waals surface area contributed by atoms with Crippen molar-refractivity contribution in [1.29, 1.82) is 0 Å². The molecule has 0 spiro atoms. The van der Waals surface area contributed by atoms with Crippen LogP contribution in [0.1, 0.15) is 20.8 Å². The SMILES string of the molecule is CC(C)NCC(C)S(=O)(=O)Nc1ccn(C)n1. The van der Waals surface area contributed by atoms with Gasteiger partial charge in [0.1, 0.15) is 0 Å². The summed E-state index contributed by atoms with van der Waals surface area (Å²) in [5.41, 5.74) is 0. The van der Waals surface area contributed by atoms with Crippen molar-refractivity contribution in [3.8, 4) is 0 Å². The van der Waals surface area contributed by atoms with Crippen LogP contribution in [-0.4, -0.2) is 36.0 Å². The van der Waals surface area contributed by atoms with Crippen LogP contribution >= 0.6 is 0 Å². The molecule has 1 rings (SSSR count). The summed E-state index contributed by atoms with van der Waals surface area (Å²) in [5.74, 6) is 0.351. The first kappa shape index (κ1) is 14.0. The van der Waals surface area contributed by atoms with E-state index >= 15 is 0 Å². The molecule has 0 aliphatic carbocycles. The van der Waals surface area contributed by atoms with Crippen molar-refractivity contribution < 1.29 is 8.42 Å². The minimum Gasteiger partial charge on any atom is -0.313 e. The molecule has 7 heteroatoms. The van der Waals surface area contributed by atoms with Crippen LogP contribution in [0.5, 0.6) is 0 Å². The van der Waals surface area contributed by atoms with Crippen molar-refractivity contribution in [2.75, 3.05) is 11.3 Å². The van der Waals surface area contributed by atoms with Gasteiger partial charge in [-0.1, -0.05) is 13.8 Å². The van der Waals surface area contributed by atoms with E-state index in [0.29, 0.717) is 12.4 Å². The first-order valence-corrected chi connectivity index (χ1v) is 7.10. The molecule has 6 nitrogen and oxygen atoms in total. The van der Waals surface area contributed by atoms with Crippen molar-refractivity contribution in [3.05, 3.63) is 12.3 Å². The van der Waals surface area contributed by atoms with Gasteiger partial charge in [0.15, 0.2) is 5.82 Å². The van der Waals surface area contributed by atoms with Crippen LogP contribution in [0.3, 0.4) is 0 Å². The smallest absolute Gasteiger partial charge is 0.237 e. The summed E-state index contributed by atoms with van der Waals surface area (Å²) in [6.45, 7) is 6.04. The number of nitrogens with one attached hydrogen (secondary N) is 2. The largest absolute Gasteiger partial charge is 0.313 e. The fraction of sp³-hybridized carbons (Fsp3) is 0.700. The maximum absolute atomic E-state index is 11.9. The highest BCUT2D eigenvalue weighted by Crippen LogP contribution is 2.08. The number of anilines is 1. The fourth-order valence-corrected chi connectivity index (χ4v) is 2.14. The molecule has 0 aromatic carbocycles. The molecule has 1 aromatic heterocycles. The first-order chi connectivity index (χ1) is 7.81. The third-order valence-electron chi connectivity index (χ3n) is 2.30. The number of nitrogens with zero attached hydrogens (tertiary/aromatic N) is 2. The van der Waals surface area contributed by atoms with Gasteiger partial charge in [0, 0.05) is 31.9 Å². The molecule has 98 valence electrons. The molecule has 1 heterocycles. The van der Waals surface area contributed by atoms with Crippen LogP contribution < -0.4 is 10.0 Å². The lowest BCUT2D eigenvalue weighted by Crippen LogP contribution is -2.37. The van der Waals surface area contributed by atoms with Gasteiger partial charge in [-0.05, 0) is 6.92 Å². The van der Waals surface area contributed by atoms with E-state index in [4.69, 9.17) is 0 Å².